The maximum absolute atomic E-state index is 12.0. The Hall–Kier alpha value is -1.75. The van der Waals surface area contributed by atoms with Crippen molar-refractivity contribution in [2.24, 2.45) is 0 Å². The summed E-state index contributed by atoms with van der Waals surface area (Å²) in [6.45, 7) is 8.76. The Bertz CT molecular complexity index is 587. The van der Waals surface area contributed by atoms with Gasteiger partial charge >= 0.3 is 5.97 Å². The van der Waals surface area contributed by atoms with E-state index in [0.717, 1.165) is 37.4 Å². The number of fused-ring (bicyclic) bond motifs is 1. The zero-order valence-corrected chi connectivity index (χ0v) is 14.1. The smallest absolute Gasteiger partial charge is 0.323 e. The van der Waals surface area contributed by atoms with Crippen molar-refractivity contribution in [1.82, 2.24) is 4.90 Å². The third kappa shape index (κ3) is 3.29. The van der Waals surface area contributed by atoms with Crippen LogP contribution < -0.4 is 9.47 Å². The first-order valence-electron chi connectivity index (χ1n) is 8.48. The molecule has 2 aliphatic rings. The van der Waals surface area contributed by atoms with Gasteiger partial charge in [0.2, 0.25) is 0 Å². The highest BCUT2D eigenvalue weighted by Gasteiger charge is 2.37. The minimum atomic E-state index is -0.111. The van der Waals surface area contributed by atoms with Crippen molar-refractivity contribution < 1.29 is 19.0 Å². The SMILES string of the molecule is CCOc1cc2c(cc1OCC)CN([C@H]1C[C@H](C)OC1=O)CC2. The Balaban J connectivity index is 1.82. The lowest BCUT2D eigenvalue weighted by Crippen LogP contribution is -2.41. The van der Waals surface area contributed by atoms with Crippen molar-refractivity contribution in [3.63, 3.8) is 0 Å². The van der Waals surface area contributed by atoms with Crippen LogP contribution in [0.5, 0.6) is 11.5 Å². The van der Waals surface area contributed by atoms with E-state index in [1.54, 1.807) is 0 Å². The quantitative estimate of drug-likeness (QED) is 0.781. The Kier molecular flexibility index (Phi) is 4.76. The molecule has 0 unspecified atom stereocenters. The monoisotopic (exact) mass is 319 g/mol. The first-order chi connectivity index (χ1) is 11.1. The summed E-state index contributed by atoms with van der Waals surface area (Å²) in [4.78, 5) is 14.2. The first-order valence-corrected chi connectivity index (χ1v) is 8.48. The lowest BCUT2D eigenvalue weighted by Gasteiger charge is -2.32. The highest BCUT2D eigenvalue weighted by atomic mass is 16.6. The predicted molar refractivity (Wildman–Crippen MR) is 86.9 cm³/mol. The van der Waals surface area contributed by atoms with Crippen molar-refractivity contribution >= 4 is 5.97 Å². The van der Waals surface area contributed by atoms with Crippen molar-refractivity contribution in [1.29, 1.82) is 0 Å². The van der Waals surface area contributed by atoms with E-state index in [1.165, 1.54) is 11.1 Å². The first kappa shape index (κ1) is 16.1. The summed E-state index contributed by atoms with van der Waals surface area (Å²) in [7, 11) is 0. The third-order valence-electron chi connectivity index (χ3n) is 4.49. The van der Waals surface area contributed by atoms with Gasteiger partial charge in [-0.25, -0.2) is 0 Å². The predicted octanol–water partition coefficient (Wildman–Crippen LogP) is 2.55. The number of carbonyl (C=O) groups excluding carboxylic acids is 1. The van der Waals surface area contributed by atoms with Gasteiger partial charge in [-0.3, -0.25) is 9.69 Å². The molecule has 1 aromatic carbocycles. The summed E-state index contributed by atoms with van der Waals surface area (Å²) >= 11 is 0. The Labute approximate surface area is 137 Å². The second-order valence-electron chi connectivity index (χ2n) is 6.15. The van der Waals surface area contributed by atoms with Gasteiger partial charge in [0, 0.05) is 19.5 Å². The molecule has 2 heterocycles. The molecule has 5 heteroatoms. The molecule has 2 atom stereocenters. The fourth-order valence-corrected chi connectivity index (χ4v) is 3.42. The Morgan fingerprint density at radius 1 is 1.17 bits per heavy atom. The summed E-state index contributed by atoms with van der Waals surface area (Å²) in [5.74, 6) is 1.52. The highest BCUT2D eigenvalue weighted by Crippen LogP contribution is 2.35. The summed E-state index contributed by atoms with van der Waals surface area (Å²) in [5, 5.41) is 0. The molecule has 1 aromatic rings. The van der Waals surface area contributed by atoms with E-state index in [0.29, 0.717) is 13.2 Å². The zero-order chi connectivity index (χ0) is 16.4. The van der Waals surface area contributed by atoms with Gasteiger partial charge in [-0.05, 0) is 50.5 Å². The second kappa shape index (κ2) is 6.79. The minimum absolute atomic E-state index is 0.0215. The number of carbonyl (C=O) groups is 1. The van der Waals surface area contributed by atoms with Crippen molar-refractivity contribution in [2.45, 2.75) is 52.3 Å². The molecule has 0 bridgehead atoms. The van der Waals surface area contributed by atoms with Crippen LogP contribution in [0.25, 0.3) is 0 Å². The van der Waals surface area contributed by atoms with Gasteiger partial charge in [-0.2, -0.15) is 0 Å². The number of nitrogens with zero attached hydrogens (tertiary/aromatic N) is 1. The third-order valence-corrected chi connectivity index (χ3v) is 4.49. The van der Waals surface area contributed by atoms with Crippen LogP contribution in [0, 0.1) is 0 Å². The molecule has 1 saturated heterocycles. The number of hydrogen-bond acceptors (Lipinski definition) is 5. The summed E-state index contributed by atoms with van der Waals surface area (Å²) in [6, 6.07) is 4.05. The molecular formula is C18H25NO4. The maximum atomic E-state index is 12.0. The molecule has 0 amide bonds. The lowest BCUT2D eigenvalue weighted by molar-refractivity contribution is -0.145. The van der Waals surface area contributed by atoms with Crippen LogP contribution in [0.3, 0.4) is 0 Å². The van der Waals surface area contributed by atoms with Gasteiger partial charge in [0.05, 0.1) is 13.2 Å². The Morgan fingerprint density at radius 3 is 2.39 bits per heavy atom. The van der Waals surface area contributed by atoms with Crippen LogP contribution in [0.4, 0.5) is 0 Å². The number of hydrogen-bond donors (Lipinski definition) is 0. The molecule has 0 N–H and O–H groups in total. The lowest BCUT2D eigenvalue weighted by atomic mass is 9.97. The largest absolute Gasteiger partial charge is 0.490 e. The van der Waals surface area contributed by atoms with Gasteiger partial charge in [-0.15, -0.1) is 0 Å². The van der Waals surface area contributed by atoms with Crippen LogP contribution in [0.15, 0.2) is 12.1 Å². The molecule has 0 spiro atoms. The molecule has 1 fully saturated rings. The Morgan fingerprint density at radius 2 is 1.83 bits per heavy atom. The average Bonchev–Trinajstić information content (AvgIpc) is 2.86. The molecular weight excluding hydrogens is 294 g/mol. The normalized spacial score (nSPS) is 24.2. The van der Waals surface area contributed by atoms with Crippen LogP contribution in [-0.2, 0) is 22.5 Å². The van der Waals surface area contributed by atoms with Crippen LogP contribution >= 0.6 is 0 Å². The van der Waals surface area contributed by atoms with Crippen LogP contribution in [0.2, 0.25) is 0 Å². The van der Waals surface area contributed by atoms with Crippen LogP contribution in [0.1, 0.15) is 38.3 Å². The highest BCUT2D eigenvalue weighted by molar-refractivity contribution is 5.78. The molecule has 2 aliphatic heterocycles. The number of esters is 1. The molecule has 0 aromatic heterocycles. The number of ether oxygens (including phenoxy) is 3. The van der Waals surface area contributed by atoms with E-state index >= 15 is 0 Å². The van der Waals surface area contributed by atoms with E-state index < -0.39 is 0 Å². The van der Waals surface area contributed by atoms with E-state index in [9.17, 15) is 4.79 Å². The van der Waals surface area contributed by atoms with Crippen molar-refractivity contribution in [2.75, 3.05) is 19.8 Å². The van der Waals surface area contributed by atoms with Crippen molar-refractivity contribution in [3.05, 3.63) is 23.3 Å². The molecule has 126 valence electrons. The number of rotatable bonds is 5. The van der Waals surface area contributed by atoms with E-state index in [4.69, 9.17) is 14.2 Å². The van der Waals surface area contributed by atoms with E-state index in [1.807, 2.05) is 20.8 Å². The minimum Gasteiger partial charge on any atom is -0.490 e. The maximum Gasteiger partial charge on any atom is 0.323 e. The van der Waals surface area contributed by atoms with Gasteiger partial charge in [0.15, 0.2) is 11.5 Å². The van der Waals surface area contributed by atoms with Crippen molar-refractivity contribution in [3.8, 4) is 11.5 Å². The summed E-state index contributed by atoms with van der Waals surface area (Å²) in [5.41, 5.74) is 2.50. The van der Waals surface area contributed by atoms with E-state index in [2.05, 4.69) is 17.0 Å². The summed E-state index contributed by atoms with van der Waals surface area (Å²) < 4.78 is 16.7. The topological polar surface area (TPSA) is 48.0 Å². The molecule has 23 heavy (non-hydrogen) atoms. The molecule has 0 saturated carbocycles. The average molecular weight is 319 g/mol. The molecule has 5 nitrogen and oxygen atoms in total. The zero-order valence-electron chi connectivity index (χ0n) is 14.1. The molecule has 3 rings (SSSR count). The fourth-order valence-electron chi connectivity index (χ4n) is 3.42. The van der Waals surface area contributed by atoms with Crippen LogP contribution in [-0.4, -0.2) is 42.8 Å². The molecule has 0 aliphatic carbocycles. The van der Waals surface area contributed by atoms with Gasteiger partial charge in [-0.1, -0.05) is 0 Å². The second-order valence-corrected chi connectivity index (χ2v) is 6.15. The van der Waals surface area contributed by atoms with Gasteiger partial charge < -0.3 is 14.2 Å². The fraction of sp³-hybridized carbons (Fsp3) is 0.611. The van der Waals surface area contributed by atoms with Gasteiger partial charge in [0.1, 0.15) is 12.1 Å². The standard InChI is InChI=1S/C18H25NO4/c1-4-21-16-9-13-6-7-19(15-8-12(3)23-18(15)20)11-14(13)10-17(16)22-5-2/h9-10,12,15H,4-8,11H2,1-3H3/t12-,15-/m0/s1. The molecule has 0 radical (unpaired) electrons. The van der Waals surface area contributed by atoms with Gasteiger partial charge in [0.25, 0.3) is 0 Å². The number of benzene rings is 1. The van der Waals surface area contributed by atoms with E-state index in [-0.39, 0.29) is 18.1 Å². The number of cyclic esters (lactones) is 1. The summed E-state index contributed by atoms with van der Waals surface area (Å²) in [6.07, 6.45) is 1.72.